The van der Waals surface area contributed by atoms with Crippen molar-refractivity contribution in [1.29, 1.82) is 0 Å². The molecule has 28 heavy (non-hydrogen) atoms. The number of nitrogens with zero attached hydrogens (tertiary/aromatic N) is 1. The van der Waals surface area contributed by atoms with E-state index in [9.17, 15) is 13.9 Å². The van der Waals surface area contributed by atoms with Crippen LogP contribution in [-0.2, 0) is 6.54 Å². The van der Waals surface area contributed by atoms with Crippen LogP contribution in [0.25, 0.3) is 0 Å². The van der Waals surface area contributed by atoms with Crippen molar-refractivity contribution >= 4 is 29.9 Å². The zero-order valence-electron chi connectivity index (χ0n) is 16.7. The summed E-state index contributed by atoms with van der Waals surface area (Å²) in [7, 11) is 1.51. The van der Waals surface area contributed by atoms with Crippen LogP contribution in [-0.4, -0.2) is 44.5 Å². The van der Waals surface area contributed by atoms with Crippen molar-refractivity contribution in [3.63, 3.8) is 0 Å². The van der Waals surface area contributed by atoms with Gasteiger partial charge in [-0.25, -0.2) is 4.99 Å². The molecule has 1 unspecified atom stereocenters. The molecule has 1 aromatic rings. The number of hydrogen-bond donors (Lipinski definition) is 3. The predicted octanol–water partition coefficient (Wildman–Crippen LogP) is 3.77. The lowest BCUT2D eigenvalue weighted by Gasteiger charge is -2.18. The molecule has 6 nitrogen and oxygen atoms in total. The van der Waals surface area contributed by atoms with E-state index in [1.54, 1.807) is 12.1 Å². The van der Waals surface area contributed by atoms with E-state index >= 15 is 0 Å². The number of guanidine groups is 1. The first-order valence-corrected chi connectivity index (χ1v) is 9.28. The quantitative estimate of drug-likeness (QED) is 0.225. The maximum Gasteiger partial charge on any atom is 0.387 e. The molecule has 0 aromatic heterocycles. The summed E-state index contributed by atoms with van der Waals surface area (Å²) >= 11 is 0. The van der Waals surface area contributed by atoms with E-state index in [0.717, 1.165) is 19.3 Å². The molecule has 0 aliphatic rings. The normalized spacial score (nSPS) is 12.3. The van der Waals surface area contributed by atoms with Gasteiger partial charge in [0, 0.05) is 25.3 Å². The summed E-state index contributed by atoms with van der Waals surface area (Å²) in [4.78, 5) is 4.47. The second kappa shape index (κ2) is 15.5. The SMILES string of the molecule is CCCC(CCO)CNC(=NCc1cc(OC)ccc1OC(F)F)NCC.I. The number of nitrogens with one attached hydrogen (secondary N) is 2. The highest BCUT2D eigenvalue weighted by molar-refractivity contribution is 14.0. The second-order valence-electron chi connectivity index (χ2n) is 6.10. The number of aliphatic hydroxyl groups is 1. The Balaban J connectivity index is 0.00000729. The highest BCUT2D eigenvalue weighted by Gasteiger charge is 2.12. The number of benzene rings is 1. The fourth-order valence-corrected chi connectivity index (χ4v) is 2.70. The molecule has 0 aliphatic carbocycles. The van der Waals surface area contributed by atoms with Crippen LogP contribution in [0.15, 0.2) is 23.2 Å². The fourth-order valence-electron chi connectivity index (χ4n) is 2.70. The zero-order valence-corrected chi connectivity index (χ0v) is 19.0. The van der Waals surface area contributed by atoms with Crippen molar-refractivity contribution in [2.75, 3.05) is 26.8 Å². The van der Waals surface area contributed by atoms with Crippen LogP contribution < -0.4 is 20.1 Å². The van der Waals surface area contributed by atoms with Crippen molar-refractivity contribution < 1.29 is 23.4 Å². The lowest BCUT2D eigenvalue weighted by Crippen LogP contribution is -2.40. The average molecular weight is 515 g/mol. The summed E-state index contributed by atoms with van der Waals surface area (Å²) < 4.78 is 35.0. The Kier molecular flexibility index (Phi) is 14.8. The van der Waals surface area contributed by atoms with Gasteiger partial charge in [0.2, 0.25) is 0 Å². The van der Waals surface area contributed by atoms with E-state index in [-0.39, 0.29) is 42.9 Å². The Bertz CT molecular complexity index is 571. The van der Waals surface area contributed by atoms with E-state index < -0.39 is 6.61 Å². The number of hydrogen-bond acceptors (Lipinski definition) is 4. The van der Waals surface area contributed by atoms with Gasteiger partial charge in [-0.1, -0.05) is 13.3 Å². The Labute approximate surface area is 183 Å². The second-order valence-corrected chi connectivity index (χ2v) is 6.10. The Morgan fingerprint density at radius 1 is 1.21 bits per heavy atom. The van der Waals surface area contributed by atoms with Crippen molar-refractivity contribution in [3.05, 3.63) is 23.8 Å². The van der Waals surface area contributed by atoms with Crippen molar-refractivity contribution in [1.82, 2.24) is 10.6 Å². The van der Waals surface area contributed by atoms with Gasteiger partial charge < -0.3 is 25.2 Å². The Morgan fingerprint density at radius 3 is 2.54 bits per heavy atom. The molecule has 0 saturated heterocycles. The molecule has 3 N–H and O–H groups in total. The molecule has 0 heterocycles. The van der Waals surface area contributed by atoms with Gasteiger partial charge in [-0.2, -0.15) is 8.78 Å². The van der Waals surface area contributed by atoms with E-state index in [1.807, 2.05) is 6.92 Å². The van der Waals surface area contributed by atoms with E-state index in [4.69, 9.17) is 4.74 Å². The number of rotatable bonds is 12. The summed E-state index contributed by atoms with van der Waals surface area (Å²) in [5.41, 5.74) is 0.507. The zero-order chi connectivity index (χ0) is 20.1. The topological polar surface area (TPSA) is 75.1 Å². The number of halogens is 3. The third-order valence-electron chi connectivity index (χ3n) is 4.03. The molecule has 0 bridgehead atoms. The minimum atomic E-state index is -2.90. The van der Waals surface area contributed by atoms with Gasteiger partial charge in [-0.15, -0.1) is 24.0 Å². The summed E-state index contributed by atoms with van der Waals surface area (Å²) in [6, 6.07) is 4.66. The fraction of sp³-hybridized carbons (Fsp3) is 0.632. The molecule has 0 spiro atoms. The van der Waals surface area contributed by atoms with E-state index in [0.29, 0.717) is 36.3 Å². The number of methoxy groups -OCH3 is 1. The van der Waals surface area contributed by atoms with Crippen LogP contribution in [0, 0.1) is 5.92 Å². The molecule has 0 fully saturated rings. The van der Waals surface area contributed by atoms with E-state index in [1.165, 1.54) is 13.2 Å². The van der Waals surface area contributed by atoms with Crippen LogP contribution in [0.1, 0.15) is 38.7 Å². The smallest absolute Gasteiger partial charge is 0.387 e. The van der Waals surface area contributed by atoms with Crippen LogP contribution in [0.5, 0.6) is 11.5 Å². The Hall–Kier alpha value is -1.36. The standard InChI is InChI=1S/C19H31F2N3O3.HI/c1-4-6-14(9-10-25)12-23-19(22-5-2)24-13-15-11-16(26-3)7-8-17(15)27-18(20)21;/h7-8,11,14,18,25H,4-6,9-10,12-13H2,1-3H3,(H2,22,23,24);1H. The van der Waals surface area contributed by atoms with Gasteiger partial charge in [0.15, 0.2) is 5.96 Å². The van der Waals surface area contributed by atoms with Crippen molar-refractivity contribution in [3.8, 4) is 11.5 Å². The highest BCUT2D eigenvalue weighted by atomic mass is 127. The van der Waals surface area contributed by atoms with Gasteiger partial charge in [0.05, 0.1) is 13.7 Å². The Morgan fingerprint density at radius 2 is 1.96 bits per heavy atom. The lowest BCUT2D eigenvalue weighted by molar-refractivity contribution is -0.0504. The molecule has 0 saturated carbocycles. The third-order valence-corrected chi connectivity index (χ3v) is 4.03. The first-order valence-electron chi connectivity index (χ1n) is 9.28. The van der Waals surface area contributed by atoms with Crippen LogP contribution >= 0.6 is 24.0 Å². The maximum absolute atomic E-state index is 12.6. The minimum absolute atomic E-state index is 0. The average Bonchev–Trinajstić information content (AvgIpc) is 2.64. The summed E-state index contributed by atoms with van der Waals surface area (Å²) in [5.74, 6) is 1.56. The van der Waals surface area contributed by atoms with Gasteiger partial charge >= 0.3 is 6.61 Å². The largest absolute Gasteiger partial charge is 0.497 e. The number of aliphatic hydroxyl groups excluding tert-OH is 1. The molecule has 162 valence electrons. The van der Waals surface area contributed by atoms with Crippen LogP contribution in [0.4, 0.5) is 8.78 Å². The molecule has 1 rings (SSSR count). The van der Waals surface area contributed by atoms with Crippen molar-refractivity contribution in [2.24, 2.45) is 10.9 Å². The molecule has 0 radical (unpaired) electrons. The predicted molar refractivity (Wildman–Crippen MR) is 118 cm³/mol. The number of aliphatic imine (C=N–C) groups is 1. The summed E-state index contributed by atoms with van der Waals surface area (Å²) in [6.45, 7) is 2.82. The molecule has 1 atom stereocenters. The number of ether oxygens (including phenoxy) is 2. The highest BCUT2D eigenvalue weighted by Crippen LogP contribution is 2.26. The molecular weight excluding hydrogens is 483 g/mol. The molecule has 1 aromatic carbocycles. The van der Waals surface area contributed by atoms with Crippen LogP contribution in [0.3, 0.4) is 0 Å². The molecule has 0 aliphatic heterocycles. The van der Waals surface area contributed by atoms with Gasteiger partial charge in [-0.05, 0) is 43.9 Å². The van der Waals surface area contributed by atoms with Crippen molar-refractivity contribution in [2.45, 2.75) is 46.3 Å². The summed E-state index contributed by atoms with van der Waals surface area (Å²) in [6.07, 6.45) is 2.77. The minimum Gasteiger partial charge on any atom is -0.497 e. The molecule has 9 heteroatoms. The van der Waals surface area contributed by atoms with Gasteiger partial charge in [0.25, 0.3) is 0 Å². The molecule has 0 amide bonds. The summed E-state index contributed by atoms with van der Waals surface area (Å²) in [5, 5.41) is 15.6. The number of alkyl halides is 2. The maximum atomic E-state index is 12.6. The van der Waals surface area contributed by atoms with E-state index in [2.05, 4.69) is 27.3 Å². The third kappa shape index (κ3) is 10.3. The van der Waals surface area contributed by atoms with Gasteiger partial charge in [-0.3, -0.25) is 0 Å². The first kappa shape index (κ1) is 26.6. The van der Waals surface area contributed by atoms with Gasteiger partial charge in [0.1, 0.15) is 11.5 Å². The van der Waals surface area contributed by atoms with Crippen LogP contribution in [0.2, 0.25) is 0 Å². The lowest BCUT2D eigenvalue weighted by atomic mass is 10.0. The first-order chi connectivity index (χ1) is 13.0. The monoisotopic (exact) mass is 515 g/mol. The molecular formula is C19H32F2IN3O3.